The number of unbranched alkanes of at least 4 members (excludes halogenated alkanes) is 3. The number of aromatic amines is 1. The number of phenols is 1. The highest BCUT2D eigenvalue weighted by atomic mass is 16.3. The van der Waals surface area contributed by atoms with E-state index in [2.05, 4.69) is 27.9 Å². The van der Waals surface area contributed by atoms with Crippen molar-refractivity contribution in [3.63, 3.8) is 0 Å². The van der Waals surface area contributed by atoms with E-state index >= 15 is 0 Å². The van der Waals surface area contributed by atoms with Crippen molar-refractivity contribution in [2.75, 3.05) is 6.54 Å². The number of hydrogen-bond acceptors (Lipinski definition) is 6. The highest BCUT2D eigenvalue weighted by molar-refractivity contribution is 5.96. The monoisotopic (exact) mass is 722 g/mol. The molecule has 0 spiro atoms. The first-order valence-electron chi connectivity index (χ1n) is 18.5. The maximum Gasteiger partial charge on any atom is 0.246 e. The van der Waals surface area contributed by atoms with Crippen molar-refractivity contribution in [2.24, 2.45) is 5.73 Å². The van der Waals surface area contributed by atoms with E-state index in [4.69, 9.17) is 5.73 Å². The van der Waals surface area contributed by atoms with Gasteiger partial charge >= 0.3 is 0 Å². The lowest BCUT2D eigenvalue weighted by Crippen LogP contribution is -2.58. The molecule has 53 heavy (non-hydrogen) atoms. The summed E-state index contributed by atoms with van der Waals surface area (Å²) in [5, 5.41) is 19.3. The third kappa shape index (κ3) is 10.7. The number of hydrogen-bond donors (Lipinski definition) is 6. The fourth-order valence-corrected chi connectivity index (χ4v) is 6.89. The Balaban J connectivity index is 1.35. The predicted molar refractivity (Wildman–Crippen MR) is 202 cm³/mol. The number of para-hydroxylation sites is 1. The number of benzene rings is 3. The van der Waals surface area contributed by atoms with E-state index in [1.807, 2.05) is 54.6 Å². The van der Waals surface area contributed by atoms with Crippen LogP contribution in [0.5, 0.6) is 5.75 Å². The molecule has 0 bridgehead atoms. The fourth-order valence-electron chi connectivity index (χ4n) is 6.89. The van der Waals surface area contributed by atoms with Crippen molar-refractivity contribution in [3.8, 4) is 5.75 Å². The molecule has 12 nitrogen and oxygen atoms in total. The van der Waals surface area contributed by atoms with Gasteiger partial charge in [-0.2, -0.15) is 0 Å². The first-order chi connectivity index (χ1) is 25.6. The topological polar surface area (TPSA) is 187 Å². The van der Waals surface area contributed by atoms with Gasteiger partial charge in [-0.05, 0) is 54.2 Å². The number of carbonyl (C=O) groups excluding carboxylic acids is 5. The molecule has 5 amide bonds. The Kier molecular flexibility index (Phi) is 13.6. The van der Waals surface area contributed by atoms with Gasteiger partial charge in [0.2, 0.25) is 29.5 Å². The van der Waals surface area contributed by atoms with Crippen LogP contribution in [-0.4, -0.2) is 75.2 Å². The Hall–Kier alpha value is -5.65. The first-order valence-corrected chi connectivity index (χ1v) is 18.5. The standard InChI is InChI=1S/C41H50N6O6/c1-2-3-4-8-17-37(49)44-35(24-28-18-20-30(48)21-19-28)41(53)47-22-11-16-36(47)40(52)46-34(25-29-26-43-32-15-10-9-14-31(29)32)39(51)45-33(38(42)50)23-27-12-6-5-7-13-27/h5-7,9-10,12-15,18-21,26,33-36,43,48H,2-4,8,11,16-17,22-25H2,1H3,(H2,42,50)(H,44,49)(H,45,51)(H,46,52)/t33-,34-,35-,36-/m0/s1. The molecule has 1 aliphatic rings. The molecular formula is C41H50N6O6. The Bertz CT molecular complexity index is 1860. The van der Waals surface area contributed by atoms with Gasteiger partial charge in [0.25, 0.3) is 0 Å². The summed E-state index contributed by atoms with van der Waals surface area (Å²) in [6.45, 7) is 2.39. The zero-order valence-corrected chi connectivity index (χ0v) is 30.2. The van der Waals surface area contributed by atoms with Gasteiger partial charge in [-0.1, -0.05) is 86.8 Å². The summed E-state index contributed by atoms with van der Waals surface area (Å²) in [5.74, 6) is -2.36. The second-order valence-corrected chi connectivity index (χ2v) is 13.8. The number of aromatic hydroxyl groups is 1. The van der Waals surface area contributed by atoms with Crippen LogP contribution in [0.3, 0.4) is 0 Å². The highest BCUT2D eigenvalue weighted by Gasteiger charge is 2.39. The molecule has 5 rings (SSSR count). The van der Waals surface area contributed by atoms with Gasteiger partial charge in [0.1, 0.15) is 29.9 Å². The van der Waals surface area contributed by atoms with Gasteiger partial charge in [0.15, 0.2) is 0 Å². The van der Waals surface area contributed by atoms with E-state index in [9.17, 15) is 29.1 Å². The number of H-pyrrole nitrogens is 1. The number of rotatable bonds is 18. The molecule has 0 unspecified atom stereocenters. The van der Waals surface area contributed by atoms with E-state index in [1.54, 1.807) is 18.3 Å². The van der Waals surface area contributed by atoms with Crippen molar-refractivity contribution in [2.45, 2.75) is 95.3 Å². The number of aromatic nitrogens is 1. The molecule has 0 aliphatic carbocycles. The Labute approximate surface area is 309 Å². The minimum Gasteiger partial charge on any atom is -0.508 e. The van der Waals surface area contributed by atoms with E-state index in [-0.39, 0.29) is 37.3 Å². The lowest BCUT2D eigenvalue weighted by Gasteiger charge is -2.30. The van der Waals surface area contributed by atoms with Crippen molar-refractivity contribution in [1.82, 2.24) is 25.8 Å². The second-order valence-electron chi connectivity index (χ2n) is 13.8. The third-order valence-electron chi connectivity index (χ3n) is 9.78. The van der Waals surface area contributed by atoms with Crippen LogP contribution in [0.4, 0.5) is 0 Å². The summed E-state index contributed by atoms with van der Waals surface area (Å²) < 4.78 is 0. The summed E-state index contributed by atoms with van der Waals surface area (Å²) in [5.41, 5.74) is 8.93. The lowest BCUT2D eigenvalue weighted by atomic mass is 10.0. The van der Waals surface area contributed by atoms with Gasteiger partial charge < -0.3 is 36.7 Å². The predicted octanol–water partition coefficient (Wildman–Crippen LogP) is 3.80. The minimum atomic E-state index is -1.10. The number of nitrogens with two attached hydrogens (primary N) is 1. The molecule has 280 valence electrons. The second kappa shape index (κ2) is 18.7. The van der Waals surface area contributed by atoms with Crippen LogP contribution in [0.15, 0.2) is 85.1 Å². The third-order valence-corrected chi connectivity index (χ3v) is 9.78. The van der Waals surface area contributed by atoms with Gasteiger partial charge in [-0.25, -0.2) is 0 Å². The van der Waals surface area contributed by atoms with Crippen LogP contribution < -0.4 is 21.7 Å². The van der Waals surface area contributed by atoms with Crippen molar-refractivity contribution >= 4 is 40.4 Å². The van der Waals surface area contributed by atoms with Crippen LogP contribution in [0.2, 0.25) is 0 Å². The quantitative estimate of drug-likeness (QED) is 0.0848. The first kappa shape index (κ1) is 38.6. The summed E-state index contributed by atoms with van der Waals surface area (Å²) in [6.07, 6.45) is 7.12. The van der Waals surface area contributed by atoms with Crippen molar-refractivity contribution < 1.29 is 29.1 Å². The number of likely N-dealkylation sites (tertiary alicyclic amines) is 1. The van der Waals surface area contributed by atoms with Gasteiger partial charge in [-0.3, -0.25) is 24.0 Å². The average Bonchev–Trinajstić information content (AvgIpc) is 3.81. The summed E-state index contributed by atoms with van der Waals surface area (Å²) in [7, 11) is 0. The zero-order valence-electron chi connectivity index (χ0n) is 30.2. The molecule has 1 aromatic heterocycles. The average molecular weight is 723 g/mol. The van der Waals surface area contributed by atoms with Crippen LogP contribution in [0.25, 0.3) is 10.9 Å². The molecule has 3 aromatic carbocycles. The molecule has 1 saturated heterocycles. The molecule has 4 aromatic rings. The molecule has 1 aliphatic heterocycles. The van der Waals surface area contributed by atoms with Crippen molar-refractivity contribution in [3.05, 3.63) is 102 Å². The number of fused-ring (bicyclic) bond motifs is 1. The summed E-state index contributed by atoms with van der Waals surface area (Å²) >= 11 is 0. The van der Waals surface area contributed by atoms with Crippen LogP contribution in [-0.2, 0) is 43.2 Å². The summed E-state index contributed by atoms with van der Waals surface area (Å²) in [6, 6.07) is 19.3. The van der Waals surface area contributed by atoms with E-state index < -0.39 is 47.8 Å². The smallest absolute Gasteiger partial charge is 0.246 e. The zero-order chi connectivity index (χ0) is 37.7. The molecule has 0 saturated carbocycles. The SMILES string of the molecule is CCCCCCC(=O)N[C@@H](Cc1ccc(O)cc1)C(=O)N1CCC[C@H]1C(=O)N[C@@H](Cc1c[nH]c2ccccc12)C(=O)N[C@@H](Cc1ccccc1)C(N)=O. The number of nitrogens with zero attached hydrogens (tertiary/aromatic N) is 1. The van der Waals surface area contributed by atoms with E-state index in [0.717, 1.165) is 46.9 Å². The number of carbonyl (C=O) groups is 5. The fraction of sp³-hybridized carbons (Fsp3) is 0.390. The Morgan fingerprint density at radius 3 is 2.25 bits per heavy atom. The maximum atomic E-state index is 14.2. The number of phenolic OH excluding ortho intramolecular Hbond substituents is 1. The number of nitrogens with one attached hydrogen (secondary N) is 4. The molecule has 0 radical (unpaired) electrons. The minimum absolute atomic E-state index is 0.0845. The van der Waals surface area contributed by atoms with Gasteiger partial charge in [0.05, 0.1) is 0 Å². The Morgan fingerprint density at radius 1 is 0.811 bits per heavy atom. The molecule has 4 atom stereocenters. The van der Waals surface area contributed by atoms with Crippen LogP contribution in [0, 0.1) is 0 Å². The van der Waals surface area contributed by atoms with Crippen LogP contribution in [0.1, 0.15) is 68.6 Å². The van der Waals surface area contributed by atoms with Crippen molar-refractivity contribution in [1.29, 1.82) is 0 Å². The molecule has 7 N–H and O–H groups in total. The normalized spacial score (nSPS) is 15.7. The number of amides is 5. The maximum absolute atomic E-state index is 14.2. The lowest BCUT2D eigenvalue weighted by molar-refractivity contribution is -0.142. The Morgan fingerprint density at radius 2 is 1.51 bits per heavy atom. The van der Waals surface area contributed by atoms with Gasteiger partial charge in [0, 0.05) is 49.3 Å². The molecule has 2 heterocycles. The highest BCUT2D eigenvalue weighted by Crippen LogP contribution is 2.23. The molecular weight excluding hydrogens is 672 g/mol. The molecule has 1 fully saturated rings. The summed E-state index contributed by atoms with van der Waals surface area (Å²) in [4.78, 5) is 72.5. The van der Waals surface area contributed by atoms with E-state index in [1.165, 1.54) is 17.0 Å². The largest absolute Gasteiger partial charge is 0.508 e. The van der Waals surface area contributed by atoms with Gasteiger partial charge in [-0.15, -0.1) is 0 Å². The number of primary amides is 1. The van der Waals surface area contributed by atoms with Crippen LogP contribution >= 0.6 is 0 Å². The van der Waals surface area contributed by atoms with E-state index in [0.29, 0.717) is 25.8 Å². The molecule has 12 heteroatoms.